The first-order chi connectivity index (χ1) is 12.9. The van der Waals surface area contributed by atoms with Crippen molar-refractivity contribution < 1.29 is 0 Å². The van der Waals surface area contributed by atoms with Crippen LogP contribution in [0.5, 0.6) is 0 Å². The lowest BCUT2D eigenvalue weighted by Crippen LogP contribution is -2.33. The number of rotatable bonds is 2. The zero-order valence-corrected chi connectivity index (χ0v) is 15.5. The molecule has 0 heterocycles. The van der Waals surface area contributed by atoms with Crippen LogP contribution in [-0.4, -0.2) is 0 Å². The Kier molecular flexibility index (Phi) is 2.80. The van der Waals surface area contributed by atoms with Crippen molar-refractivity contribution in [2.45, 2.75) is 62.7 Å². The van der Waals surface area contributed by atoms with Crippen molar-refractivity contribution in [1.29, 1.82) is 0 Å². The van der Waals surface area contributed by atoms with E-state index in [2.05, 4.69) is 42.5 Å². The quantitative estimate of drug-likeness (QED) is 0.559. The van der Waals surface area contributed by atoms with E-state index in [-0.39, 0.29) is 0 Å². The Labute approximate surface area is 157 Å². The summed E-state index contributed by atoms with van der Waals surface area (Å²) in [6, 6.07) is 16.3. The van der Waals surface area contributed by atoms with Crippen molar-refractivity contribution in [1.82, 2.24) is 0 Å². The van der Waals surface area contributed by atoms with Crippen molar-refractivity contribution in [2.75, 3.05) is 0 Å². The van der Waals surface area contributed by atoms with Gasteiger partial charge in [-0.15, -0.1) is 0 Å². The van der Waals surface area contributed by atoms with E-state index in [0.29, 0.717) is 0 Å². The lowest BCUT2D eigenvalue weighted by atomic mass is 9.57. The fourth-order valence-corrected chi connectivity index (χ4v) is 8.23. The fraction of sp³-hybridized carbons (Fsp3) is 0.538. The van der Waals surface area contributed by atoms with Crippen LogP contribution in [-0.2, 0) is 0 Å². The number of hydrogen-bond donors (Lipinski definition) is 0. The molecule has 0 N–H and O–H groups in total. The normalized spacial score (nSPS) is 41.2. The van der Waals surface area contributed by atoms with Crippen LogP contribution in [0.25, 0.3) is 11.1 Å². The average molecular weight is 341 g/mol. The molecule has 4 bridgehead atoms. The highest BCUT2D eigenvalue weighted by Gasteiger charge is 2.57. The van der Waals surface area contributed by atoms with E-state index in [4.69, 9.17) is 0 Å². The predicted molar refractivity (Wildman–Crippen MR) is 106 cm³/mol. The van der Waals surface area contributed by atoms with Gasteiger partial charge < -0.3 is 0 Å². The molecule has 2 aromatic rings. The molecule has 0 nitrogen and oxygen atoms in total. The second kappa shape index (κ2) is 5.03. The van der Waals surface area contributed by atoms with Crippen LogP contribution in [0.2, 0.25) is 0 Å². The van der Waals surface area contributed by atoms with Gasteiger partial charge in [0.1, 0.15) is 0 Å². The van der Waals surface area contributed by atoms with Crippen LogP contribution >= 0.6 is 0 Å². The monoisotopic (exact) mass is 340 g/mol. The standard InChI is InChI=1S/C26H28/c1-2-4-16(5-3-1)20-10-11-21(22-13-15-6-7-17(22)12-15)26-24-19-9-8-18(14-19)23(24)25(20)26/h1-5,10-11,15,17-19,22-24H,6-9,12-14H2. The molecule has 5 aliphatic carbocycles. The molecule has 0 aromatic heterocycles. The van der Waals surface area contributed by atoms with Gasteiger partial charge in [-0.05, 0) is 108 Å². The van der Waals surface area contributed by atoms with Gasteiger partial charge in [-0.25, -0.2) is 0 Å². The van der Waals surface area contributed by atoms with Gasteiger partial charge in [0.2, 0.25) is 0 Å². The zero-order chi connectivity index (χ0) is 16.8. The van der Waals surface area contributed by atoms with Crippen molar-refractivity contribution in [3.63, 3.8) is 0 Å². The minimum absolute atomic E-state index is 0.896. The van der Waals surface area contributed by atoms with Crippen molar-refractivity contribution in [2.24, 2.45) is 23.7 Å². The van der Waals surface area contributed by atoms with E-state index in [1.807, 2.05) is 5.56 Å². The molecule has 0 radical (unpaired) electrons. The molecule has 0 heteroatoms. The summed E-state index contributed by atoms with van der Waals surface area (Å²) in [7, 11) is 0. The highest BCUT2D eigenvalue weighted by molar-refractivity contribution is 5.75. The Morgan fingerprint density at radius 1 is 0.615 bits per heavy atom. The molecule has 0 amide bonds. The molecule has 0 aliphatic heterocycles. The smallest absolute Gasteiger partial charge is 0.00527 e. The summed E-state index contributed by atoms with van der Waals surface area (Å²) in [4.78, 5) is 0. The van der Waals surface area contributed by atoms with Gasteiger partial charge in [-0.1, -0.05) is 48.9 Å². The largest absolute Gasteiger partial charge is 0.0622 e. The van der Waals surface area contributed by atoms with Crippen LogP contribution in [0, 0.1) is 23.7 Å². The molecule has 7 atom stereocenters. The molecule has 132 valence electrons. The van der Waals surface area contributed by atoms with Gasteiger partial charge in [0.25, 0.3) is 0 Å². The minimum Gasteiger partial charge on any atom is -0.0622 e. The Balaban J connectivity index is 1.41. The van der Waals surface area contributed by atoms with Crippen LogP contribution in [0.15, 0.2) is 42.5 Å². The maximum Gasteiger partial charge on any atom is -0.00527 e. The summed E-state index contributed by atoms with van der Waals surface area (Å²) in [5.74, 6) is 6.79. The van der Waals surface area contributed by atoms with Crippen LogP contribution in [0.4, 0.5) is 0 Å². The lowest BCUT2D eigenvalue weighted by Gasteiger charge is -2.47. The number of fused-ring (bicyclic) bond motifs is 10. The van der Waals surface area contributed by atoms with Crippen molar-refractivity contribution >= 4 is 0 Å². The van der Waals surface area contributed by atoms with Gasteiger partial charge in [-0.2, -0.15) is 0 Å². The van der Waals surface area contributed by atoms with E-state index in [1.165, 1.54) is 50.5 Å². The predicted octanol–water partition coefficient (Wildman–Crippen LogP) is 6.87. The van der Waals surface area contributed by atoms with Gasteiger partial charge in [0.05, 0.1) is 0 Å². The molecule has 0 saturated heterocycles. The van der Waals surface area contributed by atoms with Gasteiger partial charge in [-0.3, -0.25) is 0 Å². The second-order valence-electron chi connectivity index (χ2n) is 10.1. The minimum atomic E-state index is 0.896. The van der Waals surface area contributed by atoms with E-state index in [0.717, 1.165) is 41.4 Å². The maximum atomic E-state index is 2.58. The number of hydrogen-bond acceptors (Lipinski definition) is 0. The zero-order valence-electron chi connectivity index (χ0n) is 15.5. The third-order valence-corrected chi connectivity index (χ3v) is 9.13. The highest BCUT2D eigenvalue weighted by atomic mass is 14.6. The van der Waals surface area contributed by atoms with Gasteiger partial charge >= 0.3 is 0 Å². The number of benzene rings is 2. The van der Waals surface area contributed by atoms with E-state index < -0.39 is 0 Å². The van der Waals surface area contributed by atoms with E-state index >= 15 is 0 Å². The summed E-state index contributed by atoms with van der Waals surface area (Å²) >= 11 is 0. The third kappa shape index (κ3) is 1.72. The molecule has 0 spiro atoms. The molecule has 7 rings (SSSR count). The van der Waals surface area contributed by atoms with E-state index in [1.54, 1.807) is 16.7 Å². The fourth-order valence-electron chi connectivity index (χ4n) is 8.23. The summed E-state index contributed by atoms with van der Waals surface area (Å²) in [5.41, 5.74) is 8.49. The van der Waals surface area contributed by atoms with Crippen LogP contribution in [0.3, 0.4) is 0 Å². The molecule has 26 heavy (non-hydrogen) atoms. The average Bonchev–Trinajstić information content (AvgIpc) is 3.44. The molecule has 4 fully saturated rings. The summed E-state index contributed by atoms with van der Waals surface area (Å²) in [6.45, 7) is 0. The van der Waals surface area contributed by atoms with Gasteiger partial charge in [0, 0.05) is 0 Å². The summed E-state index contributed by atoms with van der Waals surface area (Å²) < 4.78 is 0. The lowest BCUT2D eigenvalue weighted by molar-refractivity contribution is 0.315. The Morgan fingerprint density at radius 2 is 1.38 bits per heavy atom. The molecule has 2 aromatic carbocycles. The molecule has 5 aliphatic rings. The SMILES string of the molecule is c1ccc(-c2ccc(C3CC4CCC3C4)c3c2C2C4CCC(C4)C32)cc1. The highest BCUT2D eigenvalue weighted by Crippen LogP contribution is 2.71. The Bertz CT molecular complexity index is 878. The Morgan fingerprint density at radius 3 is 2.12 bits per heavy atom. The summed E-state index contributed by atoms with van der Waals surface area (Å²) in [6.07, 6.45) is 10.6. The topological polar surface area (TPSA) is 0 Å². The van der Waals surface area contributed by atoms with Gasteiger partial charge in [0.15, 0.2) is 0 Å². The Hall–Kier alpha value is -1.56. The molecular formula is C26H28. The first kappa shape index (κ1) is 14.5. The van der Waals surface area contributed by atoms with Crippen LogP contribution < -0.4 is 0 Å². The molecular weight excluding hydrogens is 312 g/mol. The van der Waals surface area contributed by atoms with Crippen molar-refractivity contribution in [3.05, 3.63) is 59.2 Å². The molecule has 7 unspecified atom stereocenters. The molecule has 4 saturated carbocycles. The van der Waals surface area contributed by atoms with Crippen LogP contribution in [0.1, 0.15) is 79.4 Å². The first-order valence-corrected chi connectivity index (χ1v) is 11.1. The first-order valence-electron chi connectivity index (χ1n) is 11.1. The van der Waals surface area contributed by atoms with E-state index in [9.17, 15) is 0 Å². The third-order valence-electron chi connectivity index (χ3n) is 9.13. The summed E-state index contributed by atoms with van der Waals surface area (Å²) in [5, 5.41) is 0. The second-order valence-corrected chi connectivity index (χ2v) is 10.1. The van der Waals surface area contributed by atoms with Crippen molar-refractivity contribution in [3.8, 4) is 11.1 Å². The maximum absolute atomic E-state index is 2.58.